The Balaban J connectivity index is 0.899. The number of hydrogen-bond acceptors (Lipinski definition) is 7. The number of nitrogens with zero attached hydrogens (tertiary/aromatic N) is 1. The lowest BCUT2D eigenvalue weighted by atomic mass is 9.47. The third-order valence-electron chi connectivity index (χ3n) is 17.3. The fraction of sp³-hybridized carbons (Fsp3) is 0.912. The molecule has 4 fully saturated rings. The van der Waals surface area contributed by atoms with Gasteiger partial charge in [-0.25, -0.2) is 4.79 Å². The lowest BCUT2D eigenvalue weighted by Crippen LogP contribution is -2.51. The molecule has 8 heteroatoms. The molecule has 1 N–H and O–H groups in total. The van der Waals surface area contributed by atoms with Gasteiger partial charge in [-0.05, 0) is 123 Å². The summed E-state index contributed by atoms with van der Waals surface area (Å²) in [5, 5.41) is 2.96. The quantitative estimate of drug-likeness (QED) is 0.0519. The van der Waals surface area contributed by atoms with Crippen molar-refractivity contribution < 1.29 is 28.5 Å². The summed E-state index contributed by atoms with van der Waals surface area (Å²) in [4.78, 5) is 15.3. The molecule has 0 spiro atoms. The van der Waals surface area contributed by atoms with Crippen LogP contribution in [0.25, 0.3) is 0 Å². The summed E-state index contributed by atoms with van der Waals surface area (Å²) in [7, 11) is 0. The second-order valence-electron chi connectivity index (χ2n) is 22.5. The molecule has 0 aromatic carbocycles. The van der Waals surface area contributed by atoms with Gasteiger partial charge >= 0.3 is 6.09 Å². The summed E-state index contributed by atoms with van der Waals surface area (Å²) in [5.41, 5.74) is 2.34. The zero-order valence-electron chi connectivity index (χ0n) is 43.2. The number of unbranched alkanes of at least 4 members (excludes halogenated alkanes) is 12. The molecule has 5 aliphatic rings. The maximum absolute atomic E-state index is 12.9. The zero-order chi connectivity index (χ0) is 46.2. The fourth-order valence-corrected chi connectivity index (χ4v) is 13.4. The molecule has 65 heavy (non-hydrogen) atoms. The normalized spacial score (nSPS) is 29.0. The third kappa shape index (κ3) is 18.1. The molecule has 5 rings (SSSR count). The zero-order valence-corrected chi connectivity index (χ0v) is 43.2. The largest absolute Gasteiger partial charge is 0.446 e. The van der Waals surface area contributed by atoms with Crippen molar-refractivity contribution >= 4 is 6.09 Å². The van der Waals surface area contributed by atoms with Crippen molar-refractivity contribution in [3.63, 3.8) is 0 Å². The Kier molecular flexibility index (Phi) is 25.3. The molecule has 1 unspecified atom stereocenters. The van der Waals surface area contributed by atoms with Crippen molar-refractivity contribution in [1.29, 1.82) is 0 Å². The van der Waals surface area contributed by atoms with Crippen molar-refractivity contribution in [3.8, 4) is 0 Å². The topological polar surface area (TPSA) is 78.5 Å². The van der Waals surface area contributed by atoms with Gasteiger partial charge in [0.25, 0.3) is 0 Å². The smallest absolute Gasteiger partial charge is 0.407 e. The number of hydrogen-bond donors (Lipinski definition) is 1. The van der Waals surface area contributed by atoms with E-state index in [-0.39, 0.29) is 23.7 Å². The van der Waals surface area contributed by atoms with Crippen molar-refractivity contribution in [2.45, 2.75) is 214 Å². The molecule has 1 aliphatic heterocycles. The molecule has 1 amide bonds. The van der Waals surface area contributed by atoms with Crippen LogP contribution in [0.3, 0.4) is 0 Å². The number of carbonyl (C=O) groups is 1. The van der Waals surface area contributed by atoms with E-state index in [0.29, 0.717) is 38.4 Å². The first kappa shape index (κ1) is 54.5. The number of rotatable bonds is 33. The van der Waals surface area contributed by atoms with Gasteiger partial charge in [0.1, 0.15) is 6.10 Å². The molecule has 4 aliphatic carbocycles. The van der Waals surface area contributed by atoms with Gasteiger partial charge in [-0.3, -0.25) is 4.90 Å². The summed E-state index contributed by atoms with van der Waals surface area (Å²) >= 11 is 0. The minimum absolute atomic E-state index is 0.00731. The van der Waals surface area contributed by atoms with E-state index in [4.69, 9.17) is 23.7 Å². The lowest BCUT2D eigenvalue weighted by Gasteiger charge is -2.58. The Labute approximate surface area is 400 Å². The molecule has 1 saturated heterocycles. The fourth-order valence-electron chi connectivity index (χ4n) is 13.4. The van der Waals surface area contributed by atoms with E-state index in [0.717, 1.165) is 101 Å². The lowest BCUT2D eigenvalue weighted by molar-refractivity contribution is -0.0622. The monoisotopic (exact) mass is 911 g/mol. The van der Waals surface area contributed by atoms with E-state index in [1.165, 1.54) is 135 Å². The van der Waals surface area contributed by atoms with Crippen LogP contribution in [0, 0.1) is 46.3 Å². The van der Waals surface area contributed by atoms with Crippen LogP contribution in [0.4, 0.5) is 4.79 Å². The second kappa shape index (κ2) is 30.2. The van der Waals surface area contributed by atoms with E-state index in [2.05, 4.69) is 70.0 Å². The first-order chi connectivity index (χ1) is 31.6. The summed E-state index contributed by atoms with van der Waals surface area (Å²) < 4.78 is 29.9. The van der Waals surface area contributed by atoms with E-state index in [1.807, 2.05) is 0 Å². The van der Waals surface area contributed by atoms with Crippen molar-refractivity contribution in [2.24, 2.45) is 46.3 Å². The molecule has 8 nitrogen and oxygen atoms in total. The number of fused-ring (bicyclic) bond motifs is 5. The molecule has 376 valence electrons. The average molecular weight is 911 g/mol. The molecular formula is C57H102N2O6. The number of ether oxygens (including phenoxy) is 5. The summed E-state index contributed by atoms with van der Waals surface area (Å²) in [6.45, 7) is 22.4. The molecular weight excluding hydrogens is 809 g/mol. The van der Waals surface area contributed by atoms with Crippen LogP contribution in [0.2, 0.25) is 0 Å². The average Bonchev–Trinajstić information content (AvgIpc) is 3.66. The highest BCUT2D eigenvalue weighted by Gasteiger charge is 2.59. The Hall–Kier alpha value is -1.45. The van der Waals surface area contributed by atoms with E-state index < -0.39 is 0 Å². The van der Waals surface area contributed by atoms with Gasteiger partial charge in [0, 0.05) is 39.2 Å². The van der Waals surface area contributed by atoms with E-state index in [1.54, 1.807) is 5.57 Å². The van der Waals surface area contributed by atoms with Crippen molar-refractivity contribution in [2.75, 3.05) is 72.4 Å². The highest BCUT2D eigenvalue weighted by molar-refractivity contribution is 5.67. The molecule has 0 radical (unpaired) electrons. The number of alkyl carbamates (subject to hydrolysis) is 1. The predicted octanol–water partition coefficient (Wildman–Crippen LogP) is 13.9. The van der Waals surface area contributed by atoms with Gasteiger partial charge in [-0.2, -0.15) is 0 Å². The van der Waals surface area contributed by atoms with Crippen LogP contribution in [-0.4, -0.2) is 95.6 Å². The van der Waals surface area contributed by atoms with Crippen LogP contribution in [0.15, 0.2) is 23.8 Å². The third-order valence-corrected chi connectivity index (χ3v) is 17.3. The number of allylic oxidation sites excluding steroid dienone is 3. The minimum Gasteiger partial charge on any atom is -0.446 e. The number of amides is 1. The Bertz CT molecular complexity index is 1350. The Morgan fingerprint density at radius 1 is 0.800 bits per heavy atom. The first-order valence-electron chi connectivity index (χ1n) is 28.0. The highest BCUT2D eigenvalue weighted by atomic mass is 16.6. The molecule has 0 bridgehead atoms. The van der Waals surface area contributed by atoms with E-state index >= 15 is 0 Å². The summed E-state index contributed by atoms with van der Waals surface area (Å²) in [5.74, 6) is 5.03. The van der Waals surface area contributed by atoms with Gasteiger partial charge in [0.05, 0.1) is 45.7 Å². The molecule has 0 aromatic heterocycles. The second-order valence-corrected chi connectivity index (χ2v) is 22.5. The Morgan fingerprint density at radius 2 is 1.52 bits per heavy atom. The number of carbonyl (C=O) groups excluding carboxylic acids is 1. The number of morpholine rings is 1. The first-order valence-corrected chi connectivity index (χ1v) is 28.0. The van der Waals surface area contributed by atoms with Crippen LogP contribution < -0.4 is 5.32 Å². The van der Waals surface area contributed by atoms with Gasteiger partial charge in [0.15, 0.2) is 0 Å². The van der Waals surface area contributed by atoms with Gasteiger partial charge in [0.2, 0.25) is 0 Å². The van der Waals surface area contributed by atoms with Crippen LogP contribution >= 0.6 is 0 Å². The van der Waals surface area contributed by atoms with E-state index in [9.17, 15) is 4.79 Å². The number of nitrogens with one attached hydrogen (secondary N) is 1. The summed E-state index contributed by atoms with van der Waals surface area (Å²) in [6.07, 6.45) is 39.5. The Morgan fingerprint density at radius 3 is 2.26 bits per heavy atom. The maximum Gasteiger partial charge on any atom is 0.407 e. The van der Waals surface area contributed by atoms with Gasteiger partial charge in [-0.1, -0.05) is 142 Å². The highest BCUT2D eigenvalue weighted by Crippen LogP contribution is 2.67. The van der Waals surface area contributed by atoms with Crippen LogP contribution in [0.1, 0.15) is 202 Å². The van der Waals surface area contributed by atoms with Crippen LogP contribution in [0.5, 0.6) is 0 Å². The van der Waals surface area contributed by atoms with Crippen molar-refractivity contribution in [1.82, 2.24) is 10.2 Å². The SMILES string of the molecule is CCCCCCCC/C=C\CCCCCCCCOCC(CN1CCOCC1)OCCOCCNC(=O)O[C@H]1CC[C@@]2(C)C(=CC[C@H]3[C@@H]4CC[C@H]([C@H](C)CCCC(C)C)[C@@]4(C)CC[C@@H]32)C1. The molecule has 1 heterocycles. The van der Waals surface area contributed by atoms with Crippen LogP contribution in [-0.2, 0) is 23.7 Å². The van der Waals surface area contributed by atoms with Gasteiger partial charge in [-0.15, -0.1) is 0 Å². The molecule has 9 atom stereocenters. The predicted molar refractivity (Wildman–Crippen MR) is 269 cm³/mol. The molecule has 0 aromatic rings. The maximum atomic E-state index is 12.9. The summed E-state index contributed by atoms with van der Waals surface area (Å²) in [6, 6.07) is 0. The van der Waals surface area contributed by atoms with Crippen molar-refractivity contribution in [3.05, 3.63) is 23.8 Å². The standard InChI is InChI=1S/C57H102N2O6/c1-7-8-9-10-11-12-13-14-15-16-17-18-19-20-21-22-37-63-45-50(44-59-35-39-62-40-36-59)64-42-41-61-38-34-58-55(60)65-49-30-32-56(5)48(43-49)26-27-51-53-29-28-52(47(4)25-23-24-46(2)3)57(53,6)33-31-54(51)56/h14-15,26,46-47,49-54H,7-13,16-25,27-45H2,1-6H3,(H,58,60)/b15-14-/t47-,49+,50?,51+,52-,53+,54+,56+,57-/m1/s1. The minimum atomic E-state index is -0.315. The van der Waals surface area contributed by atoms with Gasteiger partial charge < -0.3 is 29.0 Å². The molecule has 3 saturated carbocycles.